The zero-order chi connectivity index (χ0) is 85.1. The number of carbonyl (C=O) groups excluding carboxylic acids is 4. The van der Waals surface area contributed by atoms with Gasteiger partial charge in [-0.3, -0.25) is 33.2 Å². The molecule has 3 aromatic heterocycles. The molecule has 116 heavy (non-hydrogen) atoms. The molecule has 14 rings (SSSR count). The van der Waals surface area contributed by atoms with Gasteiger partial charge >= 0.3 is 7.12 Å². The van der Waals surface area contributed by atoms with Gasteiger partial charge in [0, 0.05) is 187 Å². The van der Waals surface area contributed by atoms with Crippen LogP contribution in [0.4, 0.5) is 39.8 Å². The summed E-state index contributed by atoms with van der Waals surface area (Å²) in [5.74, 6) is -1.55. The molecule has 4 amide bonds. The van der Waals surface area contributed by atoms with Crippen LogP contribution in [0.15, 0.2) is 142 Å². The standard InChI is InChI=1S/C24H23ClN6O2.C16H19ClN4O.C15H18ClN5O.C14H21BClNO2.C8H9BrClN.C6H5BrClN/c1-27-18-6-4-15(5-7-18)10-21(32)30-8-9-31-20(14-30)22(24(26)33)23(28-31)16-11-17(25)13-19(12-16)29(2)3;1-20(2)12-8-10(7-11(17)9-12)15-14(16(18)22)13-5-3-4-6-21(13)19-15;1-20(2)11-6-9(5-10(16)7-11)14-13(15(17)22)12-8-18-3-4-21(12)19-14;1-13(2)14(3,4)19-15(18-13)10-7-11(16)9-12(8-10)17(5)6;1-11(2)8-4-6(9)3-7(10)5-8;7-4-1-5(8)3-6(9)2-4/h4-7,11-13H,8-10,14H2,2-3H3,(H2,26,33);7-9H,3-6H2,1-2H3,(H2,18,22);5-7,18H,3-4,8H2,1-2H3,(H2,17,22);7-9H,1-6H3;3-5H,1-2H3;1-3H,9H2. The van der Waals surface area contributed by atoms with E-state index in [1.54, 1.807) is 58.1 Å². The van der Waals surface area contributed by atoms with Crippen LogP contribution in [0.2, 0.25) is 30.1 Å². The molecular weight excluding hydrogens is 1730 g/mol. The minimum atomic E-state index is -0.596. The number of hydrogen-bond donors (Lipinski definition) is 5. The average molecular weight is 1820 g/mol. The van der Waals surface area contributed by atoms with Crippen LogP contribution in [0.3, 0.4) is 0 Å². The zero-order valence-corrected chi connectivity index (χ0v) is 74.9. The number of nitrogen functional groups attached to an aromatic ring is 1. The van der Waals surface area contributed by atoms with E-state index in [0.717, 1.165) is 115 Å². The second-order valence-electron chi connectivity index (χ2n) is 29.9. The number of amides is 4. The Morgan fingerprint density at radius 3 is 1.33 bits per heavy atom. The van der Waals surface area contributed by atoms with Gasteiger partial charge in [-0.2, -0.15) is 15.3 Å². The molecular formula is C83H95BBr2Cl6N18O6. The Morgan fingerprint density at radius 2 is 0.897 bits per heavy atom. The summed E-state index contributed by atoms with van der Waals surface area (Å²) in [5, 5.41) is 20.9. The second-order valence-corrected chi connectivity index (χ2v) is 34.4. The van der Waals surface area contributed by atoms with E-state index >= 15 is 0 Å². The Hall–Kier alpha value is -9.02. The van der Waals surface area contributed by atoms with Gasteiger partial charge in [-0.25, -0.2) is 4.85 Å². The molecule has 4 aliphatic heterocycles. The van der Waals surface area contributed by atoms with Gasteiger partial charge in [0.15, 0.2) is 5.69 Å². The molecule has 24 nitrogen and oxygen atoms in total. The maximum Gasteiger partial charge on any atom is 0.494 e. The fraction of sp³-hybridized carbons (Fsp3) is 0.325. The van der Waals surface area contributed by atoms with Crippen LogP contribution < -0.4 is 58.2 Å². The number of fused-ring (bicyclic) bond motifs is 3. The minimum Gasteiger partial charge on any atom is -0.399 e. The minimum absolute atomic E-state index is 0.0624. The maximum absolute atomic E-state index is 13.0. The van der Waals surface area contributed by atoms with Crippen LogP contribution in [0.25, 0.3) is 38.6 Å². The number of carbonyl (C=O) groups is 4. The monoisotopic (exact) mass is 1820 g/mol. The summed E-state index contributed by atoms with van der Waals surface area (Å²) in [4.78, 5) is 64.2. The SMILES string of the molecule is CN(C)c1cc(Cl)cc(-c2nn3c(c2C(N)=O)CCCC3)c1.CN(C)c1cc(Cl)cc(-c2nn3c(c2C(N)=O)CNCC3)c1.CN(C)c1cc(Cl)cc(B2OC(C)(C)C(C)(C)O2)c1.CN(C)c1cc(Cl)cc(Br)c1.Nc1cc(Cl)cc(Br)c1.[C-]#[N+]c1ccc(CC(=O)N2CCn3nc(-c4cc(Cl)cc(N(C)C)c4)c(C(N)=O)c3C2)cc1. The van der Waals surface area contributed by atoms with Crippen LogP contribution in [0.1, 0.15) is 94.3 Å². The molecule has 7 heterocycles. The van der Waals surface area contributed by atoms with Crippen LogP contribution in [0, 0.1) is 6.57 Å². The number of benzene rings is 7. The van der Waals surface area contributed by atoms with Crippen molar-refractivity contribution in [2.45, 2.75) is 97.3 Å². The third kappa shape index (κ3) is 23.2. The molecule has 612 valence electrons. The number of halogens is 8. The molecule has 10 aromatic rings. The van der Waals surface area contributed by atoms with E-state index in [1.807, 2.05) is 217 Å². The van der Waals surface area contributed by atoms with Crippen LogP contribution in [-0.2, 0) is 59.7 Å². The average Bonchev–Trinajstić information content (AvgIpc) is 1.63. The molecule has 0 radical (unpaired) electrons. The van der Waals surface area contributed by atoms with E-state index < -0.39 is 17.7 Å². The maximum atomic E-state index is 13.0. The Balaban J connectivity index is 0.000000166. The number of nitrogens with two attached hydrogens (primary N) is 4. The first-order valence-electron chi connectivity index (χ1n) is 36.9. The van der Waals surface area contributed by atoms with Crippen LogP contribution >= 0.6 is 101 Å². The first-order chi connectivity index (χ1) is 54.6. The largest absolute Gasteiger partial charge is 0.494 e. The molecule has 1 saturated heterocycles. The molecule has 0 bridgehead atoms. The predicted octanol–water partition coefficient (Wildman–Crippen LogP) is 16.2. The van der Waals surface area contributed by atoms with E-state index in [4.69, 9.17) is 108 Å². The lowest BCUT2D eigenvalue weighted by atomic mass is 9.79. The molecule has 0 atom stereocenters. The first kappa shape index (κ1) is 90.9. The van der Waals surface area contributed by atoms with Gasteiger partial charge in [0.1, 0.15) is 17.1 Å². The van der Waals surface area contributed by atoms with Gasteiger partial charge in [0.2, 0.25) is 5.91 Å². The fourth-order valence-corrected chi connectivity index (χ4v) is 15.5. The van der Waals surface area contributed by atoms with Crippen LogP contribution in [-0.4, -0.2) is 160 Å². The van der Waals surface area contributed by atoms with E-state index in [9.17, 15) is 19.2 Å². The van der Waals surface area contributed by atoms with Crippen molar-refractivity contribution in [2.24, 2.45) is 17.2 Å². The molecule has 0 unspecified atom stereocenters. The Bertz CT molecular complexity index is 5090. The first-order valence-corrected chi connectivity index (χ1v) is 40.7. The van der Waals surface area contributed by atoms with Crippen molar-refractivity contribution in [2.75, 3.05) is 114 Å². The third-order valence-electron chi connectivity index (χ3n) is 19.6. The molecule has 9 N–H and O–H groups in total. The van der Waals surface area contributed by atoms with Gasteiger partial charge in [0.25, 0.3) is 17.7 Å². The van der Waals surface area contributed by atoms with Crippen LogP contribution in [0.5, 0.6) is 0 Å². The number of nitrogens with zero attached hydrogens (tertiary/aromatic N) is 13. The highest BCUT2D eigenvalue weighted by Gasteiger charge is 2.52. The topological polar surface area (TPSA) is 280 Å². The Morgan fingerprint density at radius 1 is 0.500 bits per heavy atom. The van der Waals surface area contributed by atoms with Crippen molar-refractivity contribution in [1.82, 2.24) is 39.6 Å². The lowest BCUT2D eigenvalue weighted by molar-refractivity contribution is -0.132. The molecule has 4 aliphatic rings. The highest BCUT2D eigenvalue weighted by Crippen LogP contribution is 2.40. The molecule has 0 spiro atoms. The van der Waals surface area contributed by atoms with Gasteiger partial charge in [-0.1, -0.05) is 126 Å². The highest BCUT2D eigenvalue weighted by atomic mass is 79.9. The number of hydrogen-bond acceptors (Lipinski definition) is 16. The predicted molar refractivity (Wildman–Crippen MR) is 482 cm³/mol. The van der Waals surface area contributed by atoms with Gasteiger partial charge in [0.05, 0.1) is 77.6 Å². The summed E-state index contributed by atoms with van der Waals surface area (Å²) >= 11 is 43.0. The normalized spacial score (nSPS) is 13.9. The Kier molecular flexibility index (Phi) is 30.9. The number of nitrogens with one attached hydrogen (secondary N) is 1. The van der Waals surface area contributed by atoms with Crippen molar-refractivity contribution >= 4 is 177 Å². The quantitative estimate of drug-likeness (QED) is 0.0384. The van der Waals surface area contributed by atoms with Crippen molar-refractivity contribution in [1.29, 1.82) is 0 Å². The summed E-state index contributed by atoms with van der Waals surface area (Å²) in [6.45, 7) is 19.4. The van der Waals surface area contributed by atoms with Gasteiger partial charge in [-0.15, -0.1) is 0 Å². The number of anilines is 6. The zero-order valence-electron chi connectivity index (χ0n) is 67.2. The third-order valence-corrected chi connectivity index (χ3v) is 21.9. The van der Waals surface area contributed by atoms with Crippen molar-refractivity contribution in [3.05, 3.63) is 223 Å². The lowest BCUT2D eigenvalue weighted by Crippen LogP contribution is -2.41. The summed E-state index contributed by atoms with van der Waals surface area (Å²) in [7, 11) is 19.1. The summed E-state index contributed by atoms with van der Waals surface area (Å²) in [5.41, 5.74) is 37.4. The van der Waals surface area contributed by atoms with Crippen molar-refractivity contribution in [3.8, 4) is 33.8 Å². The molecule has 33 heteroatoms. The fourth-order valence-electron chi connectivity index (χ4n) is 12.9. The second kappa shape index (κ2) is 39.5. The van der Waals surface area contributed by atoms with E-state index in [1.165, 1.54) is 0 Å². The smallest absolute Gasteiger partial charge is 0.399 e. The number of aromatic nitrogens is 6. The summed E-state index contributed by atoms with van der Waals surface area (Å²) in [6, 6.07) is 40.8. The summed E-state index contributed by atoms with van der Waals surface area (Å²) < 4.78 is 19.5. The number of primary amides is 3. The highest BCUT2D eigenvalue weighted by molar-refractivity contribution is 9.10. The number of rotatable bonds is 14. The number of aryl methyl sites for hydroxylation is 1. The molecule has 7 aromatic carbocycles. The van der Waals surface area contributed by atoms with Crippen molar-refractivity contribution < 1.29 is 28.5 Å². The van der Waals surface area contributed by atoms with Crippen molar-refractivity contribution in [3.63, 3.8) is 0 Å². The Labute approximate surface area is 725 Å². The van der Waals surface area contributed by atoms with E-state index in [-0.39, 0.29) is 37.2 Å². The molecule has 0 saturated carbocycles. The van der Waals surface area contributed by atoms with Gasteiger partial charge in [-0.05, 0) is 167 Å². The molecule has 1 fully saturated rings. The lowest BCUT2D eigenvalue weighted by Gasteiger charge is -2.32. The van der Waals surface area contributed by atoms with E-state index in [0.29, 0.717) is 101 Å². The summed E-state index contributed by atoms with van der Waals surface area (Å²) in [6.07, 6.45) is 3.19. The van der Waals surface area contributed by atoms with Gasteiger partial charge < -0.3 is 67.0 Å². The van der Waals surface area contributed by atoms with E-state index in [2.05, 4.69) is 57.3 Å². The molecule has 0 aliphatic carbocycles.